The lowest BCUT2D eigenvalue weighted by molar-refractivity contribution is 0.356. The van der Waals surface area contributed by atoms with Gasteiger partial charge >= 0.3 is 0 Å². The molecule has 7 heteroatoms. The zero-order chi connectivity index (χ0) is 17.3. The molecule has 3 aromatic rings. The number of rotatable bonds is 6. The number of nitrogens with one attached hydrogen (secondary N) is 1. The summed E-state index contributed by atoms with van der Waals surface area (Å²) in [6.45, 7) is 0.838. The fourth-order valence-electron chi connectivity index (χ4n) is 2.95. The van der Waals surface area contributed by atoms with Gasteiger partial charge in [-0.05, 0) is 58.3 Å². The average Bonchev–Trinajstić information content (AvgIpc) is 3.36. The predicted molar refractivity (Wildman–Crippen MR) is 95.7 cm³/mol. The summed E-state index contributed by atoms with van der Waals surface area (Å²) in [5.41, 5.74) is 1.97. The van der Waals surface area contributed by atoms with E-state index < -0.39 is 10.0 Å². The van der Waals surface area contributed by atoms with Crippen LogP contribution in [0.2, 0.25) is 0 Å². The number of thiophene rings is 1. The van der Waals surface area contributed by atoms with Crippen molar-refractivity contribution in [1.82, 2.24) is 4.72 Å². The van der Waals surface area contributed by atoms with Gasteiger partial charge in [0.25, 0.3) is 0 Å². The van der Waals surface area contributed by atoms with E-state index in [2.05, 4.69) is 4.72 Å². The number of benzene rings is 1. The highest BCUT2D eigenvalue weighted by molar-refractivity contribution is 7.89. The van der Waals surface area contributed by atoms with Gasteiger partial charge in [-0.15, -0.1) is 0 Å². The van der Waals surface area contributed by atoms with Crippen LogP contribution >= 0.6 is 11.3 Å². The van der Waals surface area contributed by atoms with E-state index in [4.69, 9.17) is 9.15 Å². The van der Waals surface area contributed by atoms with Crippen LogP contribution in [0.3, 0.4) is 0 Å². The minimum Gasteiger partial charge on any atom is -0.493 e. The number of ether oxygens (including phenoxy) is 1. The second kappa shape index (κ2) is 6.67. The summed E-state index contributed by atoms with van der Waals surface area (Å²) in [5.74, 6) is 1.35. The van der Waals surface area contributed by atoms with E-state index in [0.717, 1.165) is 29.1 Å². The van der Waals surface area contributed by atoms with Gasteiger partial charge in [0, 0.05) is 13.0 Å². The summed E-state index contributed by atoms with van der Waals surface area (Å²) >= 11 is 1.58. The Kier molecular flexibility index (Phi) is 4.37. The molecule has 1 aliphatic rings. The quantitative estimate of drug-likeness (QED) is 0.717. The van der Waals surface area contributed by atoms with Crippen molar-refractivity contribution in [1.29, 1.82) is 0 Å². The van der Waals surface area contributed by atoms with Crippen LogP contribution < -0.4 is 9.46 Å². The first-order chi connectivity index (χ1) is 12.1. The maximum absolute atomic E-state index is 12.7. The van der Waals surface area contributed by atoms with Crippen molar-refractivity contribution in [2.45, 2.75) is 17.2 Å². The third-order valence-electron chi connectivity index (χ3n) is 4.28. The molecular formula is C18H17NO4S2. The predicted octanol–water partition coefficient (Wildman–Crippen LogP) is 3.39. The summed E-state index contributed by atoms with van der Waals surface area (Å²) in [5, 5.41) is 3.98. The first-order valence-electron chi connectivity index (χ1n) is 7.94. The minimum atomic E-state index is -3.60. The Morgan fingerprint density at radius 2 is 2.16 bits per heavy atom. The van der Waals surface area contributed by atoms with Gasteiger partial charge < -0.3 is 9.15 Å². The SMILES string of the molecule is O=S(=O)(NCC(c1ccsc1)c1ccco1)c1ccc2c(c1)CCO2. The molecule has 1 N–H and O–H groups in total. The van der Waals surface area contributed by atoms with Gasteiger partial charge in [0.1, 0.15) is 11.5 Å². The molecule has 1 atom stereocenters. The normalized spacial score (nSPS) is 14.9. The van der Waals surface area contributed by atoms with Gasteiger partial charge in [-0.3, -0.25) is 0 Å². The lowest BCUT2D eigenvalue weighted by Crippen LogP contribution is -2.28. The molecule has 0 spiro atoms. The fourth-order valence-corrected chi connectivity index (χ4v) is 4.76. The first kappa shape index (κ1) is 16.4. The molecule has 25 heavy (non-hydrogen) atoms. The van der Waals surface area contributed by atoms with Crippen molar-refractivity contribution < 1.29 is 17.6 Å². The molecule has 1 aromatic carbocycles. The molecule has 4 rings (SSSR count). The lowest BCUT2D eigenvalue weighted by Gasteiger charge is -2.15. The van der Waals surface area contributed by atoms with Crippen LogP contribution in [0, 0.1) is 0 Å². The zero-order valence-electron chi connectivity index (χ0n) is 13.3. The summed E-state index contributed by atoms with van der Waals surface area (Å²) in [6, 6.07) is 10.7. The Labute approximate surface area is 150 Å². The van der Waals surface area contributed by atoms with Gasteiger partial charge in [-0.2, -0.15) is 11.3 Å². The van der Waals surface area contributed by atoms with Crippen molar-refractivity contribution >= 4 is 21.4 Å². The second-order valence-corrected chi connectivity index (χ2v) is 8.39. The highest BCUT2D eigenvalue weighted by Gasteiger charge is 2.23. The molecule has 1 aliphatic heterocycles. The van der Waals surface area contributed by atoms with E-state index in [0.29, 0.717) is 6.61 Å². The van der Waals surface area contributed by atoms with Gasteiger partial charge in [0.2, 0.25) is 10.0 Å². The smallest absolute Gasteiger partial charge is 0.240 e. The molecular weight excluding hydrogens is 358 g/mol. The van der Waals surface area contributed by atoms with E-state index in [-0.39, 0.29) is 17.4 Å². The van der Waals surface area contributed by atoms with E-state index in [1.54, 1.807) is 35.8 Å². The van der Waals surface area contributed by atoms with Crippen molar-refractivity contribution in [2.24, 2.45) is 0 Å². The maximum atomic E-state index is 12.7. The number of fused-ring (bicyclic) bond motifs is 1. The van der Waals surface area contributed by atoms with Crippen LogP contribution in [0.1, 0.15) is 22.8 Å². The van der Waals surface area contributed by atoms with E-state index in [1.165, 1.54) is 0 Å². The molecule has 5 nitrogen and oxygen atoms in total. The molecule has 0 bridgehead atoms. The number of sulfonamides is 1. The topological polar surface area (TPSA) is 68.5 Å². The highest BCUT2D eigenvalue weighted by Crippen LogP contribution is 2.29. The Balaban J connectivity index is 1.56. The molecule has 0 fully saturated rings. The number of hydrogen-bond donors (Lipinski definition) is 1. The second-order valence-electron chi connectivity index (χ2n) is 5.84. The van der Waals surface area contributed by atoms with Crippen molar-refractivity contribution in [3.8, 4) is 5.75 Å². The standard InChI is InChI=1S/C18H17NO4S2/c20-25(21,15-3-4-17-13(10-15)5-8-23-17)19-11-16(14-6-9-24-12-14)18-2-1-7-22-18/h1-4,6-7,9-10,12,16,19H,5,8,11H2. The van der Waals surface area contributed by atoms with Crippen molar-refractivity contribution in [3.63, 3.8) is 0 Å². The Morgan fingerprint density at radius 3 is 2.92 bits per heavy atom. The van der Waals surface area contributed by atoms with Crippen LogP contribution in [0.15, 0.2) is 62.7 Å². The molecule has 0 saturated carbocycles. The van der Waals surface area contributed by atoms with Gasteiger partial charge in [0.05, 0.1) is 23.7 Å². The summed E-state index contributed by atoms with van der Waals surface area (Å²) in [6.07, 6.45) is 2.34. The van der Waals surface area contributed by atoms with E-state index in [9.17, 15) is 8.42 Å². The summed E-state index contributed by atoms with van der Waals surface area (Å²) in [4.78, 5) is 0.264. The summed E-state index contributed by atoms with van der Waals surface area (Å²) in [7, 11) is -3.60. The molecule has 1 unspecified atom stereocenters. The van der Waals surface area contributed by atoms with Crippen LogP contribution in [-0.2, 0) is 16.4 Å². The van der Waals surface area contributed by atoms with Gasteiger partial charge in [-0.1, -0.05) is 0 Å². The fraction of sp³-hybridized carbons (Fsp3) is 0.222. The largest absolute Gasteiger partial charge is 0.493 e. The molecule has 130 valence electrons. The molecule has 0 saturated heterocycles. The molecule has 2 aromatic heterocycles. The molecule has 3 heterocycles. The molecule has 0 amide bonds. The Bertz CT molecular complexity index is 913. The maximum Gasteiger partial charge on any atom is 0.240 e. The molecule has 0 radical (unpaired) electrons. The highest BCUT2D eigenvalue weighted by atomic mass is 32.2. The van der Waals surface area contributed by atoms with E-state index >= 15 is 0 Å². The zero-order valence-corrected chi connectivity index (χ0v) is 15.0. The lowest BCUT2D eigenvalue weighted by atomic mass is 10.00. The molecule has 0 aliphatic carbocycles. The number of furan rings is 1. The van der Waals surface area contributed by atoms with Crippen molar-refractivity contribution in [3.05, 3.63) is 70.3 Å². The van der Waals surface area contributed by atoms with Crippen LogP contribution in [0.5, 0.6) is 5.75 Å². The summed E-state index contributed by atoms with van der Waals surface area (Å²) < 4.78 is 39.1. The Morgan fingerprint density at radius 1 is 1.24 bits per heavy atom. The third-order valence-corrected chi connectivity index (χ3v) is 6.40. The van der Waals surface area contributed by atoms with Crippen LogP contribution in [-0.4, -0.2) is 21.6 Å². The monoisotopic (exact) mass is 375 g/mol. The Hall–Kier alpha value is -2.09. The van der Waals surface area contributed by atoms with Crippen LogP contribution in [0.4, 0.5) is 0 Å². The third kappa shape index (κ3) is 3.35. The minimum absolute atomic E-state index is 0.159. The average molecular weight is 375 g/mol. The number of hydrogen-bond acceptors (Lipinski definition) is 5. The van der Waals surface area contributed by atoms with Crippen molar-refractivity contribution in [2.75, 3.05) is 13.2 Å². The first-order valence-corrected chi connectivity index (χ1v) is 10.4. The van der Waals surface area contributed by atoms with Gasteiger partial charge in [-0.25, -0.2) is 13.1 Å². The van der Waals surface area contributed by atoms with Crippen LogP contribution in [0.25, 0.3) is 0 Å². The van der Waals surface area contributed by atoms with E-state index in [1.807, 2.05) is 29.0 Å². The van der Waals surface area contributed by atoms with Gasteiger partial charge in [0.15, 0.2) is 0 Å².